The number of nitro benzene ring substituents is 1. The molecule has 7 nitrogen and oxygen atoms in total. The molecule has 5 rings (SSSR count). The normalized spacial score (nSPS) is 16.4. The zero-order chi connectivity index (χ0) is 24.4. The van der Waals surface area contributed by atoms with Crippen LogP contribution in [0, 0.1) is 17.0 Å². The number of nitrogens with one attached hydrogen (secondary N) is 1. The summed E-state index contributed by atoms with van der Waals surface area (Å²) in [6.07, 6.45) is 11.5. The van der Waals surface area contributed by atoms with E-state index in [2.05, 4.69) is 5.32 Å². The highest BCUT2D eigenvalue weighted by atomic mass is 32.1. The molecule has 0 saturated heterocycles. The maximum atomic E-state index is 13.3. The van der Waals surface area contributed by atoms with Crippen LogP contribution in [0.15, 0.2) is 39.7 Å². The van der Waals surface area contributed by atoms with Crippen molar-refractivity contribution in [3.63, 3.8) is 0 Å². The fourth-order valence-corrected chi connectivity index (χ4v) is 6.29. The third-order valence-corrected chi connectivity index (χ3v) is 8.15. The number of hydrogen-bond acceptors (Lipinski definition) is 6. The minimum Gasteiger partial charge on any atom is -0.455 e. The van der Waals surface area contributed by atoms with Gasteiger partial charge in [-0.2, -0.15) is 0 Å². The molecule has 0 bridgehead atoms. The van der Waals surface area contributed by atoms with Crippen LogP contribution in [-0.4, -0.2) is 23.1 Å². The Kier molecular flexibility index (Phi) is 6.81. The minimum atomic E-state index is -0.410. The Morgan fingerprint density at radius 1 is 1.14 bits per heavy atom. The monoisotopic (exact) mass is 491 g/mol. The van der Waals surface area contributed by atoms with Gasteiger partial charge in [-0.1, -0.05) is 25.3 Å². The highest BCUT2D eigenvalue weighted by Gasteiger charge is 2.27. The maximum Gasteiger partial charge on any atom is 0.270 e. The molecule has 35 heavy (non-hydrogen) atoms. The van der Waals surface area contributed by atoms with Crippen molar-refractivity contribution in [3.05, 3.63) is 67.8 Å². The van der Waals surface area contributed by atoms with E-state index in [0.717, 1.165) is 60.2 Å². The third kappa shape index (κ3) is 5.07. The second-order valence-electron chi connectivity index (χ2n) is 9.42. The van der Waals surface area contributed by atoms with Crippen LogP contribution in [0.3, 0.4) is 0 Å². The predicted octanol–water partition coefficient (Wildman–Crippen LogP) is 6.92. The quantitative estimate of drug-likeness (QED) is 0.230. The summed E-state index contributed by atoms with van der Waals surface area (Å²) in [7, 11) is 0. The molecule has 2 aromatic heterocycles. The fourth-order valence-electron chi connectivity index (χ4n) is 5.06. The molecule has 2 aliphatic carbocycles. The first-order valence-electron chi connectivity index (χ1n) is 12.3. The second-order valence-corrected chi connectivity index (χ2v) is 10.5. The van der Waals surface area contributed by atoms with Crippen LogP contribution in [0.1, 0.15) is 77.1 Å². The molecule has 0 aliphatic heterocycles. The highest BCUT2D eigenvalue weighted by molar-refractivity contribution is 7.16. The van der Waals surface area contributed by atoms with Crippen molar-refractivity contribution >= 4 is 34.1 Å². The first kappa shape index (κ1) is 23.5. The van der Waals surface area contributed by atoms with Gasteiger partial charge in [0.2, 0.25) is 0 Å². The molecule has 2 heterocycles. The van der Waals surface area contributed by atoms with Crippen LogP contribution in [0.4, 0.5) is 10.7 Å². The first-order valence-corrected chi connectivity index (χ1v) is 13.2. The lowest BCUT2D eigenvalue weighted by atomic mass is 9.93. The summed E-state index contributed by atoms with van der Waals surface area (Å²) >= 11 is 1.61. The number of carbonyl (C=O) groups is 1. The molecule has 1 N–H and O–H groups in total. The molecule has 0 unspecified atom stereocenters. The van der Waals surface area contributed by atoms with E-state index < -0.39 is 4.92 Å². The molecule has 0 radical (unpaired) electrons. The zero-order valence-electron chi connectivity index (χ0n) is 19.8. The van der Waals surface area contributed by atoms with Crippen LogP contribution in [0.2, 0.25) is 0 Å². The Balaban J connectivity index is 1.41. The summed E-state index contributed by atoms with van der Waals surface area (Å²) < 4.78 is 5.96. The number of fused-ring (bicyclic) bond motifs is 1. The number of furan rings is 1. The van der Waals surface area contributed by atoms with E-state index in [4.69, 9.17) is 9.41 Å². The summed E-state index contributed by atoms with van der Waals surface area (Å²) in [4.78, 5) is 30.1. The highest BCUT2D eigenvalue weighted by Crippen LogP contribution is 2.40. The molecule has 1 amide bonds. The largest absolute Gasteiger partial charge is 0.455 e. The van der Waals surface area contributed by atoms with Gasteiger partial charge in [0.1, 0.15) is 16.5 Å². The lowest BCUT2D eigenvalue weighted by molar-refractivity contribution is -0.384. The smallest absolute Gasteiger partial charge is 0.270 e. The number of hydrogen-bond donors (Lipinski definition) is 1. The number of nitro groups is 1. The molecular formula is C27H29N3O4S. The Bertz CT molecular complexity index is 1280. The topological polar surface area (TPSA) is 97.7 Å². The van der Waals surface area contributed by atoms with Gasteiger partial charge in [-0.25, -0.2) is 4.99 Å². The molecule has 1 aromatic carbocycles. The first-order chi connectivity index (χ1) is 17.0. The molecule has 0 spiro atoms. The number of thiophene rings is 1. The molecule has 8 heteroatoms. The van der Waals surface area contributed by atoms with Crippen LogP contribution >= 0.6 is 11.3 Å². The van der Waals surface area contributed by atoms with Gasteiger partial charge in [-0.05, 0) is 68.7 Å². The number of non-ortho nitro benzene ring substituents is 1. The fraction of sp³-hybridized carbons (Fsp3) is 0.407. The van der Waals surface area contributed by atoms with E-state index in [1.54, 1.807) is 35.8 Å². The van der Waals surface area contributed by atoms with Gasteiger partial charge < -0.3 is 9.73 Å². The van der Waals surface area contributed by atoms with E-state index in [1.807, 2.05) is 6.92 Å². The molecular weight excluding hydrogens is 462 g/mol. The van der Waals surface area contributed by atoms with Crippen LogP contribution in [-0.2, 0) is 12.8 Å². The minimum absolute atomic E-state index is 0.00389. The van der Waals surface area contributed by atoms with Crippen LogP contribution in [0.25, 0.3) is 11.3 Å². The summed E-state index contributed by atoms with van der Waals surface area (Å²) in [5, 5.41) is 15.2. The van der Waals surface area contributed by atoms with Gasteiger partial charge in [0.25, 0.3) is 11.6 Å². The van der Waals surface area contributed by atoms with Crippen molar-refractivity contribution in [2.75, 3.05) is 0 Å². The van der Waals surface area contributed by atoms with Gasteiger partial charge >= 0.3 is 0 Å². The Hall–Kier alpha value is -3.26. The molecule has 1 fully saturated rings. The number of benzene rings is 1. The van der Waals surface area contributed by atoms with Crippen molar-refractivity contribution in [1.29, 1.82) is 0 Å². The SMILES string of the molecule is Cc1ccc([N+](=O)[O-])cc1-c1ccc(/C=N\c2sc3c(c2C(=O)NC2CCCCC2)CCCC3)o1. The van der Waals surface area contributed by atoms with Crippen molar-refractivity contribution in [2.45, 2.75) is 70.8 Å². The maximum absolute atomic E-state index is 13.3. The summed E-state index contributed by atoms with van der Waals surface area (Å²) in [6, 6.07) is 8.57. The van der Waals surface area contributed by atoms with E-state index in [9.17, 15) is 14.9 Å². The Labute approximate surface area is 208 Å². The Morgan fingerprint density at radius 3 is 2.74 bits per heavy atom. The van der Waals surface area contributed by atoms with E-state index in [0.29, 0.717) is 17.1 Å². The third-order valence-electron chi connectivity index (χ3n) is 6.95. The number of nitrogens with zero attached hydrogens (tertiary/aromatic N) is 2. The predicted molar refractivity (Wildman–Crippen MR) is 138 cm³/mol. The van der Waals surface area contributed by atoms with Gasteiger partial charge in [0.15, 0.2) is 0 Å². The summed E-state index contributed by atoms with van der Waals surface area (Å²) in [6.45, 7) is 1.89. The number of aryl methyl sites for hydroxylation is 2. The van der Waals surface area contributed by atoms with Gasteiger partial charge in [0.05, 0.1) is 16.7 Å². The molecule has 3 aromatic rings. The zero-order valence-corrected chi connectivity index (χ0v) is 20.7. The van der Waals surface area contributed by atoms with E-state index in [-0.39, 0.29) is 17.6 Å². The Morgan fingerprint density at radius 2 is 1.94 bits per heavy atom. The van der Waals surface area contributed by atoms with Gasteiger partial charge in [-0.15, -0.1) is 11.3 Å². The summed E-state index contributed by atoms with van der Waals surface area (Å²) in [5.41, 5.74) is 3.48. The van der Waals surface area contributed by atoms with Gasteiger partial charge in [0, 0.05) is 28.6 Å². The van der Waals surface area contributed by atoms with Crippen molar-refractivity contribution in [3.8, 4) is 11.3 Å². The van der Waals surface area contributed by atoms with E-state index in [1.165, 1.54) is 36.3 Å². The molecule has 182 valence electrons. The number of amides is 1. The van der Waals surface area contributed by atoms with Crippen molar-refractivity contribution < 1.29 is 14.1 Å². The van der Waals surface area contributed by atoms with Crippen LogP contribution in [0.5, 0.6) is 0 Å². The lowest BCUT2D eigenvalue weighted by Gasteiger charge is -2.23. The number of carbonyl (C=O) groups excluding carboxylic acids is 1. The number of aliphatic imine (C=N–C) groups is 1. The average molecular weight is 492 g/mol. The number of rotatable bonds is 6. The lowest BCUT2D eigenvalue weighted by Crippen LogP contribution is -2.36. The van der Waals surface area contributed by atoms with Crippen molar-refractivity contribution in [2.24, 2.45) is 4.99 Å². The van der Waals surface area contributed by atoms with Gasteiger partial charge in [-0.3, -0.25) is 14.9 Å². The summed E-state index contributed by atoms with van der Waals surface area (Å²) in [5.74, 6) is 1.08. The molecule has 0 atom stereocenters. The average Bonchev–Trinajstić information content (AvgIpc) is 3.48. The van der Waals surface area contributed by atoms with E-state index >= 15 is 0 Å². The second kappa shape index (κ2) is 10.2. The van der Waals surface area contributed by atoms with Crippen molar-refractivity contribution in [1.82, 2.24) is 5.32 Å². The molecule has 2 aliphatic rings. The standard InChI is InChI=1S/C27H29N3O4S/c1-17-11-12-19(30(32)33)15-22(17)23-14-13-20(34-23)16-28-27-25(21-9-5-6-10-24(21)35-27)26(31)29-18-7-3-2-4-8-18/h11-16,18H,2-10H2,1H3,(H,29,31)/b28-16-. The molecule has 1 saturated carbocycles. The van der Waals surface area contributed by atoms with Crippen LogP contribution < -0.4 is 5.32 Å².